The minimum atomic E-state index is -0.0810. The Morgan fingerprint density at radius 3 is 3.06 bits per heavy atom. The van der Waals surface area contributed by atoms with Gasteiger partial charge in [0.2, 0.25) is 0 Å². The molecular formula is C12H15BrN2OS. The molecule has 1 unspecified atom stereocenters. The van der Waals surface area contributed by atoms with E-state index < -0.39 is 0 Å². The zero-order chi connectivity index (χ0) is 12.3. The number of nitrogens with two attached hydrogens (primary N) is 1. The summed E-state index contributed by atoms with van der Waals surface area (Å²) >= 11 is 5.26. The number of carbonyl (C=O) groups excluding carboxylic acids is 1. The predicted octanol–water partition coefficient (Wildman–Crippen LogP) is 2.66. The molecule has 5 heteroatoms. The van der Waals surface area contributed by atoms with Crippen LogP contribution in [0.3, 0.4) is 0 Å². The number of thioether (sulfide) groups is 1. The van der Waals surface area contributed by atoms with Crippen molar-refractivity contribution in [3.8, 4) is 0 Å². The summed E-state index contributed by atoms with van der Waals surface area (Å²) in [6.07, 6.45) is 2.45. The molecule has 0 bridgehead atoms. The van der Waals surface area contributed by atoms with Crippen LogP contribution in [0.2, 0.25) is 0 Å². The van der Waals surface area contributed by atoms with E-state index >= 15 is 0 Å². The Balaban J connectivity index is 1.94. The van der Waals surface area contributed by atoms with Gasteiger partial charge in [0.05, 0.1) is 5.56 Å². The Labute approximate surface area is 114 Å². The number of anilines is 1. The third-order valence-corrected chi connectivity index (χ3v) is 4.66. The molecule has 0 spiro atoms. The van der Waals surface area contributed by atoms with Gasteiger partial charge in [-0.1, -0.05) is 15.9 Å². The third-order valence-electron chi connectivity index (χ3n) is 2.77. The summed E-state index contributed by atoms with van der Waals surface area (Å²) in [7, 11) is 0. The van der Waals surface area contributed by atoms with Crippen molar-refractivity contribution in [2.75, 3.05) is 18.0 Å². The van der Waals surface area contributed by atoms with Crippen molar-refractivity contribution in [2.45, 2.75) is 18.1 Å². The van der Waals surface area contributed by atoms with Crippen molar-refractivity contribution < 1.29 is 4.79 Å². The topological polar surface area (TPSA) is 55.1 Å². The average Bonchev–Trinajstić information content (AvgIpc) is 2.78. The number of rotatable bonds is 3. The highest BCUT2D eigenvalue weighted by atomic mass is 79.9. The van der Waals surface area contributed by atoms with Crippen LogP contribution in [0.5, 0.6) is 0 Å². The van der Waals surface area contributed by atoms with Crippen molar-refractivity contribution in [1.29, 1.82) is 0 Å². The Hall–Kier alpha value is -0.680. The van der Waals surface area contributed by atoms with Gasteiger partial charge in [0.1, 0.15) is 0 Å². The minimum absolute atomic E-state index is 0.0810. The number of hydrogen-bond acceptors (Lipinski definition) is 3. The molecule has 0 saturated carbocycles. The second kappa shape index (κ2) is 5.78. The third kappa shape index (κ3) is 3.39. The second-order valence-electron chi connectivity index (χ2n) is 4.08. The Morgan fingerprint density at radius 2 is 2.41 bits per heavy atom. The van der Waals surface area contributed by atoms with Gasteiger partial charge >= 0.3 is 0 Å². The Kier molecular flexibility index (Phi) is 4.34. The van der Waals surface area contributed by atoms with E-state index in [-0.39, 0.29) is 5.91 Å². The standard InChI is InChI=1S/C12H15BrN2OS/c13-8-3-4-10(11(14)6-8)12(16)15-7-9-2-1-5-17-9/h3-4,6,9H,1-2,5,7,14H2,(H,15,16). The fourth-order valence-corrected chi connectivity index (χ4v) is 3.43. The van der Waals surface area contributed by atoms with E-state index in [1.807, 2.05) is 17.8 Å². The van der Waals surface area contributed by atoms with Crippen LogP contribution in [0.4, 0.5) is 5.69 Å². The molecule has 3 nitrogen and oxygen atoms in total. The molecule has 1 aliphatic heterocycles. The second-order valence-corrected chi connectivity index (χ2v) is 6.40. The van der Waals surface area contributed by atoms with Crippen LogP contribution in [-0.4, -0.2) is 23.5 Å². The van der Waals surface area contributed by atoms with Gasteiger partial charge in [0.15, 0.2) is 0 Å². The molecule has 1 aliphatic rings. The SMILES string of the molecule is Nc1cc(Br)ccc1C(=O)NCC1CCCS1. The zero-order valence-electron chi connectivity index (χ0n) is 9.41. The normalized spacial score (nSPS) is 19.2. The van der Waals surface area contributed by atoms with Crippen LogP contribution in [0.25, 0.3) is 0 Å². The monoisotopic (exact) mass is 314 g/mol. The van der Waals surface area contributed by atoms with Gasteiger partial charge in [-0.05, 0) is 36.8 Å². The number of nitrogens with one attached hydrogen (secondary N) is 1. The lowest BCUT2D eigenvalue weighted by Crippen LogP contribution is -2.30. The highest BCUT2D eigenvalue weighted by Gasteiger charge is 2.17. The zero-order valence-corrected chi connectivity index (χ0v) is 11.8. The quantitative estimate of drug-likeness (QED) is 0.843. The molecule has 3 N–H and O–H groups in total. The van der Waals surface area contributed by atoms with Crippen LogP contribution in [0.1, 0.15) is 23.2 Å². The van der Waals surface area contributed by atoms with E-state index in [2.05, 4.69) is 21.2 Å². The molecule has 1 aromatic carbocycles. The Morgan fingerprint density at radius 1 is 1.59 bits per heavy atom. The Bertz CT molecular complexity index is 419. The number of hydrogen-bond donors (Lipinski definition) is 2. The summed E-state index contributed by atoms with van der Waals surface area (Å²) in [6, 6.07) is 5.32. The molecule has 1 saturated heterocycles. The summed E-state index contributed by atoms with van der Waals surface area (Å²) in [5.74, 6) is 1.13. The molecule has 0 aliphatic carbocycles. The molecule has 0 radical (unpaired) electrons. The maximum atomic E-state index is 11.9. The van der Waals surface area contributed by atoms with Gasteiger partial charge in [-0.15, -0.1) is 0 Å². The lowest BCUT2D eigenvalue weighted by Gasteiger charge is -2.11. The molecule has 1 fully saturated rings. The molecule has 92 valence electrons. The van der Waals surface area contributed by atoms with Crippen LogP contribution >= 0.6 is 27.7 Å². The minimum Gasteiger partial charge on any atom is -0.398 e. The summed E-state index contributed by atoms with van der Waals surface area (Å²) in [4.78, 5) is 11.9. The maximum absolute atomic E-state index is 11.9. The number of amides is 1. The average molecular weight is 315 g/mol. The van der Waals surface area contributed by atoms with E-state index in [1.54, 1.807) is 12.1 Å². The van der Waals surface area contributed by atoms with Crippen molar-refractivity contribution in [3.05, 3.63) is 28.2 Å². The highest BCUT2D eigenvalue weighted by Crippen LogP contribution is 2.25. The first-order chi connectivity index (χ1) is 8.16. The van der Waals surface area contributed by atoms with Gasteiger partial charge in [-0.25, -0.2) is 0 Å². The summed E-state index contributed by atoms with van der Waals surface area (Å²) in [5, 5.41) is 3.51. The van der Waals surface area contributed by atoms with Crippen molar-refractivity contribution in [1.82, 2.24) is 5.32 Å². The van der Waals surface area contributed by atoms with Crippen LogP contribution in [0, 0.1) is 0 Å². The fraction of sp³-hybridized carbons (Fsp3) is 0.417. The van der Waals surface area contributed by atoms with Crippen molar-refractivity contribution >= 4 is 39.3 Å². The van der Waals surface area contributed by atoms with Crippen LogP contribution in [0.15, 0.2) is 22.7 Å². The van der Waals surface area contributed by atoms with Crippen LogP contribution < -0.4 is 11.1 Å². The van der Waals surface area contributed by atoms with Gasteiger partial charge in [-0.2, -0.15) is 11.8 Å². The lowest BCUT2D eigenvalue weighted by atomic mass is 10.1. The summed E-state index contributed by atoms with van der Waals surface area (Å²) in [5.41, 5.74) is 6.87. The molecular weight excluding hydrogens is 300 g/mol. The van der Waals surface area contributed by atoms with Crippen molar-refractivity contribution in [2.24, 2.45) is 0 Å². The maximum Gasteiger partial charge on any atom is 0.253 e. The van der Waals surface area contributed by atoms with Crippen LogP contribution in [-0.2, 0) is 0 Å². The highest BCUT2D eigenvalue weighted by molar-refractivity contribution is 9.10. The first-order valence-electron chi connectivity index (χ1n) is 5.61. The number of halogens is 1. The fourth-order valence-electron chi connectivity index (χ4n) is 1.85. The molecule has 17 heavy (non-hydrogen) atoms. The number of nitrogen functional groups attached to an aromatic ring is 1. The van der Waals surface area contributed by atoms with Crippen molar-refractivity contribution in [3.63, 3.8) is 0 Å². The largest absolute Gasteiger partial charge is 0.398 e. The molecule has 2 rings (SSSR count). The molecule has 1 amide bonds. The van der Waals surface area contributed by atoms with E-state index in [9.17, 15) is 4.79 Å². The first-order valence-corrected chi connectivity index (χ1v) is 7.46. The number of carbonyl (C=O) groups is 1. The van der Waals surface area contributed by atoms with E-state index in [0.29, 0.717) is 16.5 Å². The number of benzene rings is 1. The van der Waals surface area contributed by atoms with E-state index in [4.69, 9.17) is 5.73 Å². The van der Waals surface area contributed by atoms with Gasteiger partial charge in [-0.3, -0.25) is 4.79 Å². The summed E-state index contributed by atoms with van der Waals surface area (Å²) < 4.78 is 0.887. The first kappa shape index (κ1) is 12.8. The van der Waals surface area contributed by atoms with Gasteiger partial charge in [0, 0.05) is 22.0 Å². The lowest BCUT2D eigenvalue weighted by molar-refractivity contribution is 0.0954. The smallest absolute Gasteiger partial charge is 0.253 e. The molecule has 0 aromatic heterocycles. The van der Waals surface area contributed by atoms with E-state index in [0.717, 1.165) is 11.0 Å². The molecule has 1 atom stereocenters. The molecule has 1 aromatic rings. The molecule has 1 heterocycles. The van der Waals surface area contributed by atoms with Gasteiger partial charge in [0.25, 0.3) is 5.91 Å². The summed E-state index contributed by atoms with van der Waals surface area (Å²) in [6.45, 7) is 0.735. The predicted molar refractivity (Wildman–Crippen MR) is 76.4 cm³/mol. The van der Waals surface area contributed by atoms with Gasteiger partial charge < -0.3 is 11.1 Å². The van der Waals surface area contributed by atoms with E-state index in [1.165, 1.54) is 18.6 Å².